The molecule has 112 valence electrons. The lowest BCUT2D eigenvalue weighted by Crippen LogP contribution is -2.41. The van der Waals surface area contributed by atoms with Gasteiger partial charge in [0.1, 0.15) is 0 Å². The normalized spacial score (nSPS) is 20.5. The molecule has 4 nitrogen and oxygen atoms in total. The minimum atomic E-state index is 0.384. The lowest BCUT2D eigenvalue weighted by Gasteiger charge is -2.32. The summed E-state index contributed by atoms with van der Waals surface area (Å²) in [5, 5.41) is 3.41. The van der Waals surface area contributed by atoms with Crippen LogP contribution in [0.25, 0.3) is 0 Å². The van der Waals surface area contributed by atoms with Crippen LogP contribution in [0.5, 0.6) is 0 Å². The molecular formula is C16H27N3O. The van der Waals surface area contributed by atoms with Gasteiger partial charge >= 0.3 is 0 Å². The highest BCUT2D eigenvalue weighted by Gasteiger charge is 2.19. The minimum absolute atomic E-state index is 0.384. The molecule has 1 aliphatic heterocycles. The molecule has 0 radical (unpaired) electrons. The average molecular weight is 277 g/mol. The van der Waals surface area contributed by atoms with Gasteiger partial charge in [-0.2, -0.15) is 0 Å². The number of aromatic nitrogens is 1. The van der Waals surface area contributed by atoms with E-state index in [0.29, 0.717) is 12.1 Å². The van der Waals surface area contributed by atoms with Gasteiger partial charge < -0.3 is 10.1 Å². The molecule has 2 rings (SSSR count). The third-order valence-electron chi connectivity index (χ3n) is 3.62. The van der Waals surface area contributed by atoms with E-state index in [1.165, 1.54) is 0 Å². The second-order valence-corrected chi connectivity index (χ2v) is 5.79. The van der Waals surface area contributed by atoms with Gasteiger partial charge in [0.2, 0.25) is 0 Å². The van der Waals surface area contributed by atoms with Gasteiger partial charge in [0.25, 0.3) is 0 Å². The van der Waals surface area contributed by atoms with Crippen LogP contribution in [-0.2, 0) is 17.8 Å². The van der Waals surface area contributed by atoms with Crippen molar-refractivity contribution in [1.29, 1.82) is 0 Å². The topological polar surface area (TPSA) is 37.4 Å². The molecule has 1 N–H and O–H groups in total. The van der Waals surface area contributed by atoms with E-state index >= 15 is 0 Å². The summed E-state index contributed by atoms with van der Waals surface area (Å²) in [7, 11) is 0. The summed E-state index contributed by atoms with van der Waals surface area (Å²) >= 11 is 0. The zero-order valence-corrected chi connectivity index (χ0v) is 12.9. The maximum atomic E-state index is 5.71. The van der Waals surface area contributed by atoms with Crippen molar-refractivity contribution >= 4 is 0 Å². The largest absolute Gasteiger partial charge is 0.376 e. The van der Waals surface area contributed by atoms with Crippen molar-refractivity contribution in [3.8, 4) is 0 Å². The summed E-state index contributed by atoms with van der Waals surface area (Å²) in [6, 6.07) is 6.81. The first-order chi connectivity index (χ1) is 9.67. The number of morpholine rings is 1. The van der Waals surface area contributed by atoms with E-state index in [4.69, 9.17) is 9.72 Å². The van der Waals surface area contributed by atoms with E-state index < -0.39 is 0 Å². The molecule has 1 aromatic heterocycles. The van der Waals surface area contributed by atoms with Gasteiger partial charge in [-0.1, -0.05) is 26.8 Å². The van der Waals surface area contributed by atoms with E-state index in [9.17, 15) is 0 Å². The lowest BCUT2D eigenvalue weighted by atomic mass is 10.2. The van der Waals surface area contributed by atoms with Crippen molar-refractivity contribution in [2.75, 3.05) is 19.7 Å². The quantitative estimate of drug-likeness (QED) is 0.865. The van der Waals surface area contributed by atoms with Gasteiger partial charge in [0, 0.05) is 32.2 Å². The van der Waals surface area contributed by atoms with Crippen LogP contribution in [0.2, 0.25) is 0 Å². The Kier molecular flexibility index (Phi) is 5.95. The summed E-state index contributed by atoms with van der Waals surface area (Å²) in [5.41, 5.74) is 2.28. The first kappa shape index (κ1) is 15.4. The molecular weight excluding hydrogens is 250 g/mol. The molecule has 0 amide bonds. The van der Waals surface area contributed by atoms with Crippen molar-refractivity contribution in [1.82, 2.24) is 15.2 Å². The number of hydrogen-bond acceptors (Lipinski definition) is 4. The van der Waals surface area contributed by atoms with Crippen LogP contribution in [-0.4, -0.2) is 41.7 Å². The third-order valence-corrected chi connectivity index (χ3v) is 3.62. The second kappa shape index (κ2) is 7.72. The Labute approximate surface area is 122 Å². The Hall–Kier alpha value is -0.970. The van der Waals surface area contributed by atoms with Crippen LogP contribution < -0.4 is 5.32 Å². The molecule has 1 aliphatic rings. The van der Waals surface area contributed by atoms with E-state index in [2.05, 4.69) is 49.2 Å². The summed E-state index contributed by atoms with van der Waals surface area (Å²) < 4.78 is 5.71. The Morgan fingerprint density at radius 1 is 1.40 bits per heavy atom. The minimum Gasteiger partial charge on any atom is -0.376 e. The first-order valence-corrected chi connectivity index (χ1v) is 7.69. The van der Waals surface area contributed by atoms with Gasteiger partial charge in [-0.3, -0.25) is 9.88 Å². The number of nitrogens with zero attached hydrogens (tertiary/aromatic N) is 2. The van der Waals surface area contributed by atoms with Gasteiger partial charge in [0.15, 0.2) is 0 Å². The number of pyridine rings is 1. The standard InChI is InChI=1S/C16H27N3O/c1-4-16-12-19(8-9-20-16)11-15-7-5-6-14(18-15)10-17-13(2)3/h5-7,13,16-17H,4,8-12H2,1-3H3. The van der Waals surface area contributed by atoms with Crippen molar-refractivity contribution in [2.24, 2.45) is 0 Å². The van der Waals surface area contributed by atoms with E-state index in [-0.39, 0.29) is 0 Å². The molecule has 2 heterocycles. The second-order valence-electron chi connectivity index (χ2n) is 5.79. The molecule has 1 aromatic rings. The fraction of sp³-hybridized carbons (Fsp3) is 0.688. The lowest BCUT2D eigenvalue weighted by molar-refractivity contribution is -0.0328. The van der Waals surface area contributed by atoms with Crippen LogP contribution in [0.15, 0.2) is 18.2 Å². The smallest absolute Gasteiger partial charge is 0.0700 e. The molecule has 0 spiro atoms. The van der Waals surface area contributed by atoms with Crippen molar-refractivity contribution in [3.05, 3.63) is 29.6 Å². The molecule has 0 aliphatic carbocycles. The van der Waals surface area contributed by atoms with Gasteiger partial charge in [0.05, 0.1) is 24.1 Å². The average Bonchev–Trinajstić information content (AvgIpc) is 2.46. The number of rotatable bonds is 6. The maximum absolute atomic E-state index is 5.71. The number of hydrogen-bond donors (Lipinski definition) is 1. The van der Waals surface area contributed by atoms with Crippen LogP contribution in [0, 0.1) is 0 Å². The van der Waals surface area contributed by atoms with Crippen molar-refractivity contribution in [2.45, 2.75) is 52.4 Å². The Bertz CT molecular complexity index is 408. The Balaban J connectivity index is 1.90. The molecule has 0 saturated carbocycles. The predicted octanol–water partition coefficient (Wildman–Crippen LogP) is 2.19. The van der Waals surface area contributed by atoms with E-state index in [1.807, 2.05) is 0 Å². The van der Waals surface area contributed by atoms with Crippen LogP contribution in [0.3, 0.4) is 0 Å². The fourth-order valence-corrected chi connectivity index (χ4v) is 2.42. The van der Waals surface area contributed by atoms with Crippen molar-refractivity contribution < 1.29 is 4.74 Å². The van der Waals surface area contributed by atoms with E-state index in [0.717, 1.165) is 50.6 Å². The monoisotopic (exact) mass is 277 g/mol. The Morgan fingerprint density at radius 3 is 2.95 bits per heavy atom. The van der Waals surface area contributed by atoms with Crippen LogP contribution >= 0.6 is 0 Å². The molecule has 0 bridgehead atoms. The molecule has 20 heavy (non-hydrogen) atoms. The third kappa shape index (κ3) is 4.85. The highest BCUT2D eigenvalue weighted by Crippen LogP contribution is 2.11. The highest BCUT2D eigenvalue weighted by molar-refractivity contribution is 5.11. The molecule has 1 saturated heterocycles. The van der Waals surface area contributed by atoms with Crippen LogP contribution in [0.1, 0.15) is 38.6 Å². The Morgan fingerprint density at radius 2 is 2.20 bits per heavy atom. The molecule has 1 fully saturated rings. The summed E-state index contributed by atoms with van der Waals surface area (Å²) in [6.45, 7) is 11.1. The van der Waals surface area contributed by atoms with Gasteiger partial charge in [-0.05, 0) is 18.6 Å². The highest BCUT2D eigenvalue weighted by atomic mass is 16.5. The zero-order chi connectivity index (χ0) is 14.4. The maximum Gasteiger partial charge on any atom is 0.0700 e. The first-order valence-electron chi connectivity index (χ1n) is 7.69. The molecule has 0 aromatic carbocycles. The summed E-state index contributed by atoms with van der Waals surface area (Å²) in [4.78, 5) is 7.19. The van der Waals surface area contributed by atoms with Crippen LogP contribution in [0.4, 0.5) is 0 Å². The molecule has 1 atom stereocenters. The van der Waals surface area contributed by atoms with Crippen molar-refractivity contribution in [3.63, 3.8) is 0 Å². The van der Waals surface area contributed by atoms with E-state index in [1.54, 1.807) is 0 Å². The molecule has 4 heteroatoms. The SMILES string of the molecule is CCC1CN(Cc2cccc(CNC(C)C)n2)CCO1. The zero-order valence-electron chi connectivity index (χ0n) is 12.9. The van der Waals surface area contributed by atoms with Gasteiger partial charge in [-0.15, -0.1) is 0 Å². The van der Waals surface area contributed by atoms with Gasteiger partial charge in [-0.25, -0.2) is 0 Å². The summed E-state index contributed by atoms with van der Waals surface area (Å²) in [5.74, 6) is 0. The summed E-state index contributed by atoms with van der Waals surface area (Å²) in [6.07, 6.45) is 1.47. The number of nitrogens with one attached hydrogen (secondary N) is 1. The predicted molar refractivity (Wildman–Crippen MR) is 81.5 cm³/mol. The fourth-order valence-electron chi connectivity index (χ4n) is 2.42. The molecule has 1 unspecified atom stereocenters. The number of ether oxygens (including phenoxy) is 1.